The van der Waals surface area contributed by atoms with E-state index in [0.717, 1.165) is 28.5 Å². The van der Waals surface area contributed by atoms with Crippen LogP contribution in [-0.4, -0.2) is 36.5 Å². The molecule has 0 saturated heterocycles. The van der Waals surface area contributed by atoms with Gasteiger partial charge < -0.3 is 4.98 Å². The van der Waals surface area contributed by atoms with Crippen LogP contribution in [0.5, 0.6) is 0 Å². The van der Waals surface area contributed by atoms with Gasteiger partial charge in [0.15, 0.2) is 11.2 Å². The molecule has 0 aliphatic heterocycles. The first kappa shape index (κ1) is 23.4. The molecule has 11 heteroatoms. The van der Waals surface area contributed by atoms with Crippen LogP contribution >= 0.6 is 11.6 Å². The first-order valence-electron chi connectivity index (χ1n) is 10.5. The number of fused-ring (bicyclic) bond motifs is 1. The lowest BCUT2D eigenvalue weighted by Crippen LogP contribution is -2.41. The Morgan fingerprint density at radius 3 is 2.53 bits per heavy atom. The standard InChI is InChI=1S/C21H27ClN8O2/c1-3-4-10-28-18-17(25-20(22)26-18)19(31)29(21(28)32)11-5-12-30(27-24)16(23)13-15-8-6-14(2)7-9-15/h6-9,23-24H,3-5,10-13H2,1-2H3,(H,25,26). The van der Waals surface area contributed by atoms with Crippen LogP contribution in [0.2, 0.25) is 5.28 Å². The van der Waals surface area contributed by atoms with E-state index in [4.69, 9.17) is 22.5 Å². The Labute approximate surface area is 189 Å². The Balaban J connectivity index is 1.75. The maximum absolute atomic E-state index is 13.0. The molecule has 0 bridgehead atoms. The summed E-state index contributed by atoms with van der Waals surface area (Å²) < 4.78 is 2.62. The van der Waals surface area contributed by atoms with Gasteiger partial charge in [-0.1, -0.05) is 48.4 Å². The van der Waals surface area contributed by atoms with Crippen molar-refractivity contribution in [3.05, 3.63) is 61.5 Å². The highest BCUT2D eigenvalue weighted by atomic mass is 35.5. The number of hydrogen-bond acceptors (Lipinski definition) is 6. The van der Waals surface area contributed by atoms with Gasteiger partial charge in [0, 0.05) is 26.1 Å². The Kier molecular flexibility index (Phi) is 7.57. The van der Waals surface area contributed by atoms with Crippen LogP contribution in [0.15, 0.2) is 39.1 Å². The zero-order chi connectivity index (χ0) is 23.3. The van der Waals surface area contributed by atoms with Crippen molar-refractivity contribution in [3.8, 4) is 0 Å². The number of rotatable bonds is 10. The Morgan fingerprint density at radius 1 is 1.19 bits per heavy atom. The fraction of sp³-hybridized carbons (Fsp3) is 0.429. The minimum absolute atomic E-state index is 0.0585. The molecule has 1 aromatic carbocycles. The predicted molar refractivity (Wildman–Crippen MR) is 124 cm³/mol. The topological polar surface area (TPSA) is 136 Å². The maximum atomic E-state index is 13.0. The molecule has 0 amide bonds. The third-order valence-corrected chi connectivity index (χ3v) is 5.42. The Morgan fingerprint density at radius 2 is 1.88 bits per heavy atom. The zero-order valence-corrected chi connectivity index (χ0v) is 18.9. The van der Waals surface area contributed by atoms with Gasteiger partial charge in [-0.05, 0) is 36.9 Å². The summed E-state index contributed by atoms with van der Waals surface area (Å²) in [6, 6.07) is 7.82. The van der Waals surface area contributed by atoms with Gasteiger partial charge >= 0.3 is 5.69 Å². The number of benzene rings is 1. The Bertz CT molecular complexity index is 1230. The summed E-state index contributed by atoms with van der Waals surface area (Å²) >= 11 is 5.95. The van der Waals surface area contributed by atoms with Crippen LogP contribution in [0.3, 0.4) is 0 Å². The molecule has 0 unspecified atom stereocenters. The molecule has 2 aromatic heterocycles. The number of amidine groups is 1. The molecular weight excluding hydrogens is 432 g/mol. The quantitative estimate of drug-likeness (QED) is 0.141. The smallest absolute Gasteiger partial charge is 0.323 e. The maximum Gasteiger partial charge on any atom is 0.332 e. The van der Waals surface area contributed by atoms with Crippen molar-refractivity contribution >= 4 is 28.6 Å². The SMILES string of the molecule is CCCCn1c(=O)n(CCCN(N=N)C(=N)Cc2ccc(C)cc2)c(=O)c2[nH]c(Cl)nc21. The molecule has 0 fully saturated rings. The molecule has 0 aliphatic carbocycles. The summed E-state index contributed by atoms with van der Waals surface area (Å²) in [6.07, 6.45) is 2.34. The van der Waals surface area contributed by atoms with Crippen LogP contribution < -0.4 is 11.2 Å². The first-order valence-corrected chi connectivity index (χ1v) is 10.9. The number of nitrogens with one attached hydrogen (secondary N) is 3. The second-order valence-corrected chi connectivity index (χ2v) is 8.01. The predicted octanol–water partition coefficient (Wildman–Crippen LogP) is 3.51. The Hall–Kier alpha value is -3.27. The lowest BCUT2D eigenvalue weighted by atomic mass is 10.1. The molecular formula is C21H27ClN8O2. The number of unbranched alkanes of at least 4 members (excludes halogenated alkanes) is 1. The molecule has 3 N–H and O–H groups in total. The second-order valence-electron chi connectivity index (χ2n) is 7.66. The van der Waals surface area contributed by atoms with Gasteiger partial charge in [-0.15, -0.1) is 0 Å². The zero-order valence-electron chi connectivity index (χ0n) is 18.2. The minimum atomic E-state index is -0.485. The number of hydrogen-bond donors (Lipinski definition) is 3. The van der Waals surface area contributed by atoms with Crippen LogP contribution in [0.1, 0.15) is 37.3 Å². The molecule has 0 spiro atoms. The number of aryl methyl sites for hydroxylation is 2. The summed E-state index contributed by atoms with van der Waals surface area (Å²) in [5.41, 5.74) is 9.04. The van der Waals surface area contributed by atoms with Crippen molar-refractivity contribution in [2.24, 2.45) is 5.22 Å². The molecule has 3 rings (SSSR count). The molecule has 3 aromatic rings. The number of H-pyrrole nitrogens is 1. The lowest BCUT2D eigenvalue weighted by molar-refractivity contribution is 0.371. The van der Waals surface area contributed by atoms with E-state index in [1.165, 1.54) is 9.58 Å². The van der Waals surface area contributed by atoms with Crippen molar-refractivity contribution in [1.82, 2.24) is 24.1 Å². The van der Waals surface area contributed by atoms with Gasteiger partial charge in [0.05, 0.1) is 0 Å². The molecule has 10 nitrogen and oxygen atoms in total. The average Bonchev–Trinajstić information content (AvgIpc) is 3.16. The van der Waals surface area contributed by atoms with Crippen molar-refractivity contribution < 1.29 is 0 Å². The molecule has 2 heterocycles. The number of aromatic amines is 1. The van der Waals surface area contributed by atoms with Gasteiger partial charge in [0.2, 0.25) is 5.28 Å². The normalized spacial score (nSPS) is 11.1. The summed E-state index contributed by atoms with van der Waals surface area (Å²) in [7, 11) is 0. The van der Waals surface area contributed by atoms with Gasteiger partial charge in [0.1, 0.15) is 5.84 Å². The fourth-order valence-corrected chi connectivity index (χ4v) is 3.64. The highest BCUT2D eigenvalue weighted by molar-refractivity contribution is 6.28. The summed E-state index contributed by atoms with van der Waals surface area (Å²) in [5.74, 6) is 0.173. The largest absolute Gasteiger partial charge is 0.332 e. The van der Waals surface area contributed by atoms with E-state index in [-0.39, 0.29) is 35.4 Å². The summed E-state index contributed by atoms with van der Waals surface area (Å²) in [5, 5.41) is 13.0. The lowest BCUT2D eigenvalue weighted by Gasteiger charge is -2.18. The van der Waals surface area contributed by atoms with Gasteiger partial charge in [-0.2, -0.15) is 10.5 Å². The van der Waals surface area contributed by atoms with Crippen LogP contribution in [-0.2, 0) is 19.5 Å². The molecule has 0 atom stereocenters. The molecule has 170 valence electrons. The third-order valence-electron chi connectivity index (χ3n) is 5.24. The molecule has 0 radical (unpaired) electrons. The number of imidazole rings is 1. The average molecular weight is 459 g/mol. The molecule has 0 saturated carbocycles. The number of nitrogens with zero attached hydrogens (tertiary/aromatic N) is 5. The van der Waals surface area contributed by atoms with E-state index in [1.54, 1.807) is 0 Å². The van der Waals surface area contributed by atoms with Crippen molar-refractivity contribution in [1.29, 1.82) is 10.9 Å². The highest BCUT2D eigenvalue weighted by Crippen LogP contribution is 2.11. The van der Waals surface area contributed by atoms with Gasteiger partial charge in [0.25, 0.3) is 5.56 Å². The number of aromatic nitrogens is 4. The van der Waals surface area contributed by atoms with Gasteiger partial charge in [-0.25, -0.2) is 9.80 Å². The summed E-state index contributed by atoms with van der Waals surface area (Å²) in [4.78, 5) is 32.7. The monoisotopic (exact) mass is 458 g/mol. The van der Waals surface area contributed by atoms with E-state index < -0.39 is 11.2 Å². The van der Waals surface area contributed by atoms with E-state index in [2.05, 4.69) is 15.2 Å². The molecule has 0 aliphatic rings. The van der Waals surface area contributed by atoms with E-state index in [9.17, 15) is 9.59 Å². The van der Waals surface area contributed by atoms with Crippen LogP contribution in [0.4, 0.5) is 0 Å². The van der Waals surface area contributed by atoms with E-state index in [1.807, 2.05) is 38.1 Å². The van der Waals surface area contributed by atoms with E-state index >= 15 is 0 Å². The fourth-order valence-electron chi connectivity index (χ4n) is 3.47. The van der Waals surface area contributed by atoms with Gasteiger partial charge in [-0.3, -0.25) is 19.3 Å². The minimum Gasteiger partial charge on any atom is -0.323 e. The van der Waals surface area contributed by atoms with Crippen molar-refractivity contribution in [3.63, 3.8) is 0 Å². The highest BCUT2D eigenvalue weighted by Gasteiger charge is 2.17. The van der Waals surface area contributed by atoms with Crippen LogP contribution in [0, 0.1) is 17.9 Å². The van der Waals surface area contributed by atoms with E-state index in [0.29, 0.717) is 19.4 Å². The van der Waals surface area contributed by atoms with Crippen molar-refractivity contribution in [2.75, 3.05) is 6.54 Å². The summed E-state index contributed by atoms with van der Waals surface area (Å²) in [6.45, 7) is 4.80. The number of halogens is 1. The van der Waals surface area contributed by atoms with Crippen LogP contribution in [0.25, 0.3) is 11.2 Å². The third kappa shape index (κ3) is 5.13. The molecule has 32 heavy (non-hydrogen) atoms. The van der Waals surface area contributed by atoms with Crippen molar-refractivity contribution in [2.45, 2.75) is 52.6 Å². The first-order chi connectivity index (χ1) is 15.3. The second kappa shape index (κ2) is 10.4.